The third-order valence-electron chi connectivity index (χ3n) is 4.51. The Hall–Kier alpha value is -2.68. The number of nitrogens with zero attached hydrogens (tertiary/aromatic N) is 2. The fourth-order valence-electron chi connectivity index (χ4n) is 3.07. The molecule has 28 heavy (non-hydrogen) atoms. The second-order valence-electron chi connectivity index (χ2n) is 6.73. The molecule has 1 aliphatic rings. The van der Waals surface area contributed by atoms with Crippen LogP contribution in [0.1, 0.15) is 52.8 Å². The number of carbonyl (C=O) groups is 1. The number of ether oxygens (including phenoxy) is 1. The molecule has 0 spiro atoms. The van der Waals surface area contributed by atoms with E-state index in [-0.39, 0.29) is 24.6 Å². The van der Waals surface area contributed by atoms with Crippen LogP contribution in [0.3, 0.4) is 0 Å². The summed E-state index contributed by atoms with van der Waals surface area (Å²) in [6.45, 7) is 2.22. The SMILES string of the molecule is Cc1ccc([C@@H]2CCCC(CNc3cc(C(=O)O)nc(C(F)(F)F)n3)O2)cc1. The highest BCUT2D eigenvalue weighted by Gasteiger charge is 2.36. The number of nitrogens with one attached hydrogen (secondary N) is 1. The van der Waals surface area contributed by atoms with Gasteiger partial charge in [0.1, 0.15) is 5.82 Å². The van der Waals surface area contributed by atoms with Gasteiger partial charge in [0.25, 0.3) is 0 Å². The first-order valence-electron chi connectivity index (χ1n) is 8.88. The minimum absolute atomic E-state index is 0.0770. The largest absolute Gasteiger partial charge is 0.477 e. The van der Waals surface area contributed by atoms with Gasteiger partial charge >= 0.3 is 12.1 Å². The van der Waals surface area contributed by atoms with Crippen LogP contribution in [0.2, 0.25) is 0 Å². The molecule has 0 aliphatic carbocycles. The predicted octanol–water partition coefficient (Wildman–Crippen LogP) is 4.22. The zero-order valence-electron chi connectivity index (χ0n) is 15.2. The summed E-state index contributed by atoms with van der Waals surface area (Å²) in [5.41, 5.74) is 1.49. The monoisotopic (exact) mass is 395 g/mol. The molecule has 150 valence electrons. The molecule has 2 heterocycles. The van der Waals surface area contributed by atoms with Gasteiger partial charge in [0.2, 0.25) is 5.82 Å². The molecular formula is C19H20F3N3O3. The van der Waals surface area contributed by atoms with E-state index in [0.29, 0.717) is 0 Å². The number of aromatic carboxylic acids is 1. The minimum Gasteiger partial charge on any atom is -0.477 e. The maximum atomic E-state index is 12.9. The van der Waals surface area contributed by atoms with E-state index >= 15 is 0 Å². The number of halogens is 3. The molecular weight excluding hydrogens is 375 g/mol. The van der Waals surface area contributed by atoms with Crippen molar-refractivity contribution in [1.82, 2.24) is 9.97 Å². The lowest BCUT2D eigenvalue weighted by Crippen LogP contribution is -2.29. The smallest absolute Gasteiger partial charge is 0.451 e. The average Bonchev–Trinajstić information content (AvgIpc) is 2.66. The van der Waals surface area contributed by atoms with E-state index in [0.717, 1.165) is 36.5 Å². The Bertz CT molecular complexity index is 841. The summed E-state index contributed by atoms with van der Waals surface area (Å²) in [5, 5.41) is 11.8. The van der Waals surface area contributed by atoms with Crippen molar-refractivity contribution < 1.29 is 27.8 Å². The molecule has 0 amide bonds. The fourth-order valence-corrected chi connectivity index (χ4v) is 3.07. The molecule has 1 aromatic heterocycles. The van der Waals surface area contributed by atoms with E-state index in [1.165, 1.54) is 0 Å². The Morgan fingerprint density at radius 3 is 2.61 bits per heavy atom. The van der Waals surface area contributed by atoms with E-state index < -0.39 is 23.7 Å². The number of benzene rings is 1. The van der Waals surface area contributed by atoms with Gasteiger partial charge in [0.05, 0.1) is 12.2 Å². The number of carboxylic acids is 1. The highest BCUT2D eigenvalue weighted by molar-refractivity contribution is 5.86. The van der Waals surface area contributed by atoms with Crippen molar-refractivity contribution in [3.8, 4) is 0 Å². The maximum absolute atomic E-state index is 12.9. The Morgan fingerprint density at radius 1 is 1.25 bits per heavy atom. The van der Waals surface area contributed by atoms with Crippen molar-refractivity contribution in [2.24, 2.45) is 0 Å². The van der Waals surface area contributed by atoms with E-state index in [4.69, 9.17) is 9.84 Å². The predicted molar refractivity (Wildman–Crippen MR) is 95.1 cm³/mol. The normalized spacial score (nSPS) is 20.0. The molecule has 0 bridgehead atoms. The van der Waals surface area contributed by atoms with Gasteiger partial charge in [-0.05, 0) is 31.7 Å². The molecule has 1 saturated heterocycles. The number of hydrogen-bond donors (Lipinski definition) is 2. The van der Waals surface area contributed by atoms with Crippen LogP contribution in [-0.2, 0) is 10.9 Å². The summed E-state index contributed by atoms with van der Waals surface area (Å²) < 4.78 is 44.8. The maximum Gasteiger partial charge on any atom is 0.451 e. The molecule has 1 aromatic carbocycles. The number of rotatable bonds is 5. The first-order chi connectivity index (χ1) is 13.2. The molecule has 9 heteroatoms. The van der Waals surface area contributed by atoms with Crippen LogP contribution in [-0.4, -0.2) is 33.7 Å². The topological polar surface area (TPSA) is 84.3 Å². The summed E-state index contributed by atoms with van der Waals surface area (Å²) in [6.07, 6.45) is -2.60. The number of aromatic nitrogens is 2. The van der Waals surface area contributed by atoms with Crippen LogP contribution in [0.25, 0.3) is 0 Å². The standard InChI is InChI=1S/C19H20F3N3O3/c1-11-5-7-12(8-6-11)15-4-2-3-13(28-15)10-23-16-9-14(17(26)27)24-18(25-16)19(20,21)22/h5-9,13,15H,2-4,10H2,1H3,(H,26,27)(H,23,24,25)/t13?,15-/m0/s1. The van der Waals surface area contributed by atoms with Crippen LogP contribution in [0.15, 0.2) is 30.3 Å². The molecule has 2 N–H and O–H groups in total. The van der Waals surface area contributed by atoms with E-state index in [1.54, 1.807) is 0 Å². The van der Waals surface area contributed by atoms with Gasteiger partial charge < -0.3 is 15.2 Å². The Kier molecular flexibility index (Phi) is 5.83. The third-order valence-corrected chi connectivity index (χ3v) is 4.51. The zero-order chi connectivity index (χ0) is 20.3. The molecule has 2 atom stereocenters. The van der Waals surface area contributed by atoms with Crippen LogP contribution < -0.4 is 5.32 Å². The number of anilines is 1. The Balaban J connectivity index is 1.68. The summed E-state index contributed by atoms with van der Waals surface area (Å²) in [4.78, 5) is 17.5. The molecule has 2 aromatic rings. The van der Waals surface area contributed by atoms with Gasteiger partial charge in [-0.15, -0.1) is 0 Å². The molecule has 1 aliphatic heterocycles. The Morgan fingerprint density at radius 2 is 1.96 bits per heavy atom. The summed E-state index contributed by atoms with van der Waals surface area (Å²) in [7, 11) is 0. The molecule has 0 saturated carbocycles. The fraction of sp³-hybridized carbons (Fsp3) is 0.421. The number of carboxylic acid groups (broad SMARTS) is 1. The molecule has 0 radical (unpaired) electrons. The lowest BCUT2D eigenvalue weighted by Gasteiger charge is -2.30. The highest BCUT2D eigenvalue weighted by Crippen LogP contribution is 2.32. The van der Waals surface area contributed by atoms with Gasteiger partial charge in [0.15, 0.2) is 5.69 Å². The molecule has 1 unspecified atom stereocenters. The number of hydrogen-bond acceptors (Lipinski definition) is 5. The van der Waals surface area contributed by atoms with Crippen LogP contribution >= 0.6 is 0 Å². The minimum atomic E-state index is -4.83. The average molecular weight is 395 g/mol. The zero-order valence-corrected chi connectivity index (χ0v) is 15.2. The quantitative estimate of drug-likeness (QED) is 0.789. The van der Waals surface area contributed by atoms with Gasteiger partial charge in [-0.2, -0.15) is 13.2 Å². The van der Waals surface area contributed by atoms with E-state index in [2.05, 4.69) is 15.3 Å². The van der Waals surface area contributed by atoms with Crippen molar-refractivity contribution in [2.75, 3.05) is 11.9 Å². The first-order valence-corrected chi connectivity index (χ1v) is 8.88. The molecule has 3 rings (SSSR count). The summed E-state index contributed by atoms with van der Waals surface area (Å²) in [6, 6.07) is 9.02. The lowest BCUT2D eigenvalue weighted by atomic mass is 9.97. The highest BCUT2D eigenvalue weighted by atomic mass is 19.4. The first kappa shape index (κ1) is 20.1. The van der Waals surface area contributed by atoms with Crippen molar-refractivity contribution in [3.63, 3.8) is 0 Å². The molecule has 1 fully saturated rings. The summed E-state index contributed by atoms with van der Waals surface area (Å²) in [5.74, 6) is -3.23. The second kappa shape index (κ2) is 8.14. The third kappa shape index (κ3) is 4.98. The van der Waals surface area contributed by atoms with Crippen molar-refractivity contribution in [2.45, 2.75) is 44.6 Å². The van der Waals surface area contributed by atoms with Crippen LogP contribution in [0, 0.1) is 6.92 Å². The summed E-state index contributed by atoms with van der Waals surface area (Å²) >= 11 is 0. The number of aryl methyl sites for hydroxylation is 1. The van der Waals surface area contributed by atoms with Crippen LogP contribution in [0.4, 0.5) is 19.0 Å². The Labute approximate surface area is 159 Å². The van der Waals surface area contributed by atoms with Crippen molar-refractivity contribution in [3.05, 3.63) is 53.0 Å². The van der Waals surface area contributed by atoms with Crippen LogP contribution in [0.5, 0.6) is 0 Å². The molecule has 6 nitrogen and oxygen atoms in total. The van der Waals surface area contributed by atoms with E-state index in [9.17, 15) is 18.0 Å². The van der Waals surface area contributed by atoms with E-state index in [1.807, 2.05) is 31.2 Å². The van der Waals surface area contributed by atoms with Gasteiger partial charge in [-0.25, -0.2) is 14.8 Å². The second-order valence-corrected chi connectivity index (χ2v) is 6.73. The van der Waals surface area contributed by atoms with Crippen molar-refractivity contribution in [1.29, 1.82) is 0 Å². The van der Waals surface area contributed by atoms with Crippen molar-refractivity contribution >= 4 is 11.8 Å². The number of alkyl halides is 3. The van der Waals surface area contributed by atoms with Gasteiger partial charge in [0, 0.05) is 12.6 Å². The van der Waals surface area contributed by atoms with Gasteiger partial charge in [-0.3, -0.25) is 0 Å². The van der Waals surface area contributed by atoms with Gasteiger partial charge in [-0.1, -0.05) is 29.8 Å². The lowest BCUT2D eigenvalue weighted by molar-refractivity contribution is -0.144.